The van der Waals surface area contributed by atoms with Gasteiger partial charge < -0.3 is 74.3 Å². The van der Waals surface area contributed by atoms with Gasteiger partial charge in [-0.05, 0) is 130 Å². The van der Waals surface area contributed by atoms with E-state index in [9.17, 15) is 39.0 Å². The van der Waals surface area contributed by atoms with Gasteiger partial charge in [-0.3, -0.25) is 24.0 Å². The summed E-state index contributed by atoms with van der Waals surface area (Å²) in [6.07, 6.45) is 20.8. The van der Waals surface area contributed by atoms with Crippen molar-refractivity contribution in [1.29, 1.82) is 0 Å². The topological polar surface area (TPSA) is 275 Å². The maximum Gasteiger partial charge on any atom is 0.410 e. The number of hydrogen-bond donors (Lipinski definition) is 6. The highest BCUT2D eigenvalue weighted by molar-refractivity contribution is 5.88. The smallest absolute Gasteiger partial charge is 0.410 e. The number of unbranched alkanes of at least 4 members (excludes halogenated alkanes) is 1. The molecule has 0 saturated carbocycles. The third-order valence-electron chi connectivity index (χ3n) is 17.9. The molecule has 2 spiro atoms. The number of nitrogens with zero attached hydrogens (tertiary/aromatic N) is 1. The summed E-state index contributed by atoms with van der Waals surface area (Å²) in [6.45, 7) is 20.7. The normalized spacial score (nSPS) is 34.5. The van der Waals surface area contributed by atoms with Crippen molar-refractivity contribution >= 4 is 35.7 Å². The molecule has 18 atom stereocenters. The van der Waals surface area contributed by atoms with Gasteiger partial charge in [0.1, 0.15) is 47.8 Å². The highest BCUT2D eigenvalue weighted by Gasteiger charge is 2.59. The Morgan fingerprint density at radius 1 is 0.632 bits per heavy atom. The number of epoxide rings is 2. The van der Waals surface area contributed by atoms with E-state index < -0.39 is 59.9 Å². The van der Waals surface area contributed by atoms with Gasteiger partial charge in [0.2, 0.25) is 23.6 Å². The number of nitrogens with one attached hydrogen (secondary N) is 4. The van der Waals surface area contributed by atoms with Gasteiger partial charge >= 0.3 is 12.1 Å². The van der Waals surface area contributed by atoms with Crippen LogP contribution in [0.2, 0.25) is 0 Å². The van der Waals surface area contributed by atoms with Crippen LogP contribution in [-0.2, 0) is 61.9 Å². The maximum atomic E-state index is 13.1. The number of hydrogen-bond acceptors (Lipinski definition) is 16. The first-order valence-electron chi connectivity index (χ1n) is 32.2. The minimum Gasteiger partial charge on any atom is -0.458 e. The average Bonchev–Trinajstić information content (AvgIpc) is 1.65. The third kappa shape index (κ3) is 21.5. The van der Waals surface area contributed by atoms with Crippen molar-refractivity contribution in [3.63, 3.8) is 0 Å². The van der Waals surface area contributed by atoms with Crippen molar-refractivity contribution < 1.29 is 76.9 Å². The van der Waals surface area contributed by atoms with E-state index in [0.29, 0.717) is 77.9 Å². The lowest BCUT2D eigenvalue weighted by Crippen LogP contribution is -2.50. The number of amides is 5. The summed E-state index contributed by atoms with van der Waals surface area (Å²) in [5, 5.41) is 34.2. The first kappa shape index (κ1) is 69.2. The fourth-order valence-electron chi connectivity index (χ4n) is 12.3. The van der Waals surface area contributed by atoms with Crippen molar-refractivity contribution in [1.82, 2.24) is 26.2 Å². The number of allylic oxidation sites excluding steroid dienone is 4. The Morgan fingerprint density at radius 3 is 1.55 bits per heavy atom. The molecule has 6 N–H and O–H groups in total. The molecule has 21 heteroatoms. The highest BCUT2D eigenvalue weighted by Crippen LogP contribution is 2.45. The molecular weight excluding hydrogens is 1120 g/mol. The van der Waals surface area contributed by atoms with Gasteiger partial charge in [0.05, 0.1) is 74.8 Å². The lowest BCUT2D eigenvalue weighted by Gasteiger charge is -2.39. The SMILES string of the molecule is CCCNC(=O)CC1CC2(CO2)C(O)C(C=CC(C)=CCC2OC(C)C(NC(=O)C=CC(C)OC(=O)CCCCNC(=O)CC3CC4(CO4)C(O)C(C=CC(C)=CCC4OC(C)C(NC(=O)C=CC(C)OC(=O)N5CCCCC5)CC4C)O3)CC2C)O1. The zero-order valence-corrected chi connectivity index (χ0v) is 52.9. The largest absolute Gasteiger partial charge is 0.458 e. The molecule has 0 aromatic rings. The standard InChI is InChI=1S/C66H101N5O16/c1-10-29-67-59(74)35-49-37-65(39-80-65)62(77)55(86-49)25-19-41(2)17-23-53-43(4)33-51(47(8)84-53)69-57(72)27-21-45(6)82-61(76)16-12-13-30-68-60(75)36-50-38-66(40-81-66)63(78)56(87-50)26-20-42(3)18-24-54-44(5)34-52(48(9)85-54)70-58(73)28-22-46(7)83-64(79)71-31-14-11-15-32-71/h17-22,25-28,43-56,62-63,77-78H,10-16,23-24,29-40H2,1-9H3,(H,67,74)(H,68,75)(H,69,72)(H,70,73). The number of piperidine rings is 1. The van der Waals surface area contributed by atoms with Crippen LogP contribution in [0.4, 0.5) is 4.79 Å². The molecule has 5 amide bonds. The summed E-state index contributed by atoms with van der Waals surface area (Å²) in [7, 11) is 0. The fourth-order valence-corrected chi connectivity index (χ4v) is 12.3. The fraction of sp³-hybridized carbons (Fsp3) is 0.727. The van der Waals surface area contributed by atoms with E-state index >= 15 is 0 Å². The van der Waals surface area contributed by atoms with Crippen LogP contribution in [0.15, 0.2) is 71.9 Å². The molecular formula is C66H101N5O16. The van der Waals surface area contributed by atoms with Crippen LogP contribution in [0.25, 0.3) is 0 Å². The van der Waals surface area contributed by atoms with E-state index in [0.717, 1.165) is 49.7 Å². The number of likely N-dealkylation sites (tertiary alicyclic amines) is 1. The maximum absolute atomic E-state index is 13.1. The van der Waals surface area contributed by atoms with Crippen molar-refractivity contribution in [3.8, 4) is 0 Å². The van der Waals surface area contributed by atoms with E-state index in [4.69, 9.17) is 37.9 Å². The van der Waals surface area contributed by atoms with E-state index in [1.54, 1.807) is 30.9 Å². The van der Waals surface area contributed by atoms with Gasteiger partial charge in [-0.1, -0.05) is 68.4 Å². The molecule has 7 saturated heterocycles. The molecule has 0 aromatic heterocycles. The van der Waals surface area contributed by atoms with Gasteiger partial charge in [-0.25, -0.2) is 4.79 Å². The lowest BCUT2D eigenvalue weighted by atomic mass is 9.87. The van der Waals surface area contributed by atoms with Crippen LogP contribution in [0.5, 0.6) is 0 Å². The summed E-state index contributed by atoms with van der Waals surface area (Å²) in [5.41, 5.74) is 0.526. The third-order valence-corrected chi connectivity index (χ3v) is 17.9. The number of aliphatic hydroxyl groups excluding tert-OH is 2. The predicted molar refractivity (Wildman–Crippen MR) is 326 cm³/mol. The number of carbonyl (C=O) groups excluding carboxylic acids is 6. The first-order valence-corrected chi connectivity index (χ1v) is 32.2. The zero-order valence-electron chi connectivity index (χ0n) is 52.9. The van der Waals surface area contributed by atoms with Crippen molar-refractivity contribution in [2.75, 3.05) is 39.4 Å². The molecule has 7 aliphatic heterocycles. The van der Waals surface area contributed by atoms with Crippen LogP contribution in [-0.4, -0.2) is 187 Å². The van der Waals surface area contributed by atoms with Crippen molar-refractivity contribution in [3.05, 3.63) is 71.9 Å². The lowest BCUT2D eigenvalue weighted by molar-refractivity contribution is -0.146. The van der Waals surface area contributed by atoms with Crippen molar-refractivity contribution in [2.45, 2.75) is 255 Å². The van der Waals surface area contributed by atoms with Crippen LogP contribution < -0.4 is 21.3 Å². The molecule has 7 fully saturated rings. The van der Waals surface area contributed by atoms with E-state index in [1.807, 2.05) is 58.9 Å². The number of ether oxygens (including phenoxy) is 8. The molecule has 0 bridgehead atoms. The Balaban J connectivity index is 0.738. The van der Waals surface area contributed by atoms with Gasteiger partial charge in [-0.15, -0.1) is 0 Å². The number of rotatable bonds is 27. The molecule has 0 aliphatic carbocycles. The quantitative estimate of drug-likeness (QED) is 0.0166. The van der Waals surface area contributed by atoms with E-state index in [-0.39, 0.29) is 103 Å². The highest BCUT2D eigenvalue weighted by atomic mass is 16.6. The van der Waals surface area contributed by atoms with Crippen LogP contribution >= 0.6 is 0 Å². The van der Waals surface area contributed by atoms with E-state index in [2.05, 4.69) is 47.3 Å². The Bertz CT molecular complexity index is 2500. The van der Waals surface area contributed by atoms with Gasteiger partial charge in [0.25, 0.3) is 0 Å². The molecule has 486 valence electrons. The van der Waals surface area contributed by atoms with Gasteiger partial charge in [0.15, 0.2) is 0 Å². The molecule has 21 nitrogen and oxygen atoms in total. The van der Waals surface area contributed by atoms with E-state index in [1.165, 1.54) is 12.2 Å². The van der Waals surface area contributed by atoms with Crippen LogP contribution in [0, 0.1) is 11.8 Å². The average molecular weight is 1220 g/mol. The summed E-state index contributed by atoms with van der Waals surface area (Å²) in [4.78, 5) is 78.1. The second kappa shape index (κ2) is 33.0. The molecule has 0 aromatic carbocycles. The minimum absolute atomic E-state index is 0.0613. The molecule has 87 heavy (non-hydrogen) atoms. The Labute approximate surface area is 515 Å². The molecule has 7 rings (SSSR count). The van der Waals surface area contributed by atoms with Gasteiger partial charge in [0, 0.05) is 57.6 Å². The summed E-state index contributed by atoms with van der Waals surface area (Å²) < 4.78 is 47.7. The van der Waals surface area contributed by atoms with Crippen molar-refractivity contribution in [2.24, 2.45) is 11.8 Å². The second-order valence-electron chi connectivity index (χ2n) is 25.6. The predicted octanol–water partition coefficient (Wildman–Crippen LogP) is 6.59. The molecule has 7 aliphatic rings. The monoisotopic (exact) mass is 1220 g/mol. The summed E-state index contributed by atoms with van der Waals surface area (Å²) in [5.74, 6) is -0.940. The number of carbonyl (C=O) groups is 6. The zero-order chi connectivity index (χ0) is 62.8. The molecule has 18 unspecified atom stereocenters. The first-order chi connectivity index (χ1) is 41.5. The number of aliphatic hydroxyl groups is 2. The van der Waals surface area contributed by atoms with Crippen LogP contribution in [0.3, 0.4) is 0 Å². The molecule has 7 heterocycles. The minimum atomic E-state index is -0.890. The molecule has 0 radical (unpaired) electrons. The van der Waals surface area contributed by atoms with Crippen LogP contribution in [0.1, 0.15) is 159 Å². The number of esters is 1. The Kier molecular flexibility index (Phi) is 26.2. The Hall–Kier alpha value is -5.26. The Morgan fingerprint density at radius 2 is 1.09 bits per heavy atom. The second-order valence-corrected chi connectivity index (χ2v) is 25.6. The summed E-state index contributed by atoms with van der Waals surface area (Å²) in [6, 6.07) is -0.386. The van der Waals surface area contributed by atoms with Gasteiger partial charge in [-0.2, -0.15) is 0 Å². The summed E-state index contributed by atoms with van der Waals surface area (Å²) >= 11 is 0.